The summed E-state index contributed by atoms with van der Waals surface area (Å²) in [5.41, 5.74) is 0.301. The molecule has 1 aliphatic rings. The summed E-state index contributed by atoms with van der Waals surface area (Å²) in [6.07, 6.45) is -1.48. The maximum atomic E-state index is 12.1. The number of hydrogen-bond acceptors (Lipinski definition) is 5. The van der Waals surface area contributed by atoms with Crippen LogP contribution in [0, 0.1) is 0 Å². The van der Waals surface area contributed by atoms with E-state index in [4.69, 9.17) is 9.47 Å². The Kier molecular flexibility index (Phi) is 6.25. The first kappa shape index (κ1) is 19.1. The average Bonchev–Trinajstić information content (AvgIpc) is 2.53. The van der Waals surface area contributed by atoms with Crippen LogP contribution in [0.5, 0.6) is 0 Å². The highest BCUT2D eigenvalue weighted by Gasteiger charge is 2.32. The van der Waals surface area contributed by atoms with Crippen molar-refractivity contribution in [3.05, 3.63) is 35.9 Å². The number of rotatable bonds is 3. The minimum absolute atomic E-state index is 0.105. The molecule has 2 atom stereocenters. The molecule has 1 aromatic rings. The molecule has 1 aliphatic heterocycles. The number of ether oxygens (including phenoxy) is 2. The predicted molar refractivity (Wildman–Crippen MR) is 92.0 cm³/mol. The van der Waals surface area contributed by atoms with Crippen molar-refractivity contribution in [1.29, 1.82) is 0 Å². The number of β-amino-alcohol motifs (C(OH)–C–C–N with tert-alkyl or cyclic N) is 1. The molecule has 0 saturated carbocycles. The summed E-state index contributed by atoms with van der Waals surface area (Å²) in [4.78, 5) is 25.4. The quantitative estimate of drug-likeness (QED) is 0.873. The third-order valence-corrected chi connectivity index (χ3v) is 3.75. The Labute approximate surface area is 147 Å². The summed E-state index contributed by atoms with van der Waals surface area (Å²) < 4.78 is 10.4. The number of benzene rings is 1. The van der Waals surface area contributed by atoms with Crippen LogP contribution >= 0.6 is 0 Å². The van der Waals surface area contributed by atoms with Gasteiger partial charge in [-0.2, -0.15) is 0 Å². The minimum Gasteiger partial charge on any atom is -0.445 e. The van der Waals surface area contributed by atoms with Crippen molar-refractivity contribution in [1.82, 2.24) is 10.2 Å². The average molecular weight is 350 g/mol. The van der Waals surface area contributed by atoms with Gasteiger partial charge < -0.3 is 24.8 Å². The maximum absolute atomic E-state index is 12.1. The van der Waals surface area contributed by atoms with Gasteiger partial charge in [0.25, 0.3) is 0 Å². The number of alkyl carbamates (subject to hydrolysis) is 1. The minimum atomic E-state index is -0.870. The van der Waals surface area contributed by atoms with Crippen LogP contribution in [-0.2, 0) is 16.1 Å². The summed E-state index contributed by atoms with van der Waals surface area (Å²) in [7, 11) is 0. The van der Waals surface area contributed by atoms with Crippen molar-refractivity contribution in [3.8, 4) is 0 Å². The molecule has 0 unspecified atom stereocenters. The van der Waals surface area contributed by atoms with Gasteiger partial charge in [0.1, 0.15) is 12.2 Å². The van der Waals surface area contributed by atoms with Crippen LogP contribution in [0.15, 0.2) is 30.3 Å². The van der Waals surface area contributed by atoms with Crippen molar-refractivity contribution in [3.63, 3.8) is 0 Å². The molecule has 1 heterocycles. The predicted octanol–water partition coefficient (Wildman–Crippen LogP) is 2.28. The lowest BCUT2D eigenvalue weighted by atomic mass is 10.0. The second-order valence-electron chi connectivity index (χ2n) is 7.09. The van der Waals surface area contributed by atoms with E-state index in [9.17, 15) is 14.7 Å². The van der Waals surface area contributed by atoms with E-state index >= 15 is 0 Å². The zero-order chi connectivity index (χ0) is 18.4. The molecular weight excluding hydrogens is 324 g/mol. The molecule has 2 rings (SSSR count). The van der Waals surface area contributed by atoms with Crippen molar-refractivity contribution >= 4 is 12.2 Å². The maximum Gasteiger partial charge on any atom is 0.410 e. The summed E-state index contributed by atoms with van der Waals surface area (Å²) in [5, 5.41) is 12.9. The lowest BCUT2D eigenvalue weighted by molar-refractivity contribution is 0.0156. The molecule has 138 valence electrons. The number of piperidine rings is 1. The van der Waals surface area contributed by atoms with Gasteiger partial charge in [0, 0.05) is 6.54 Å². The smallest absolute Gasteiger partial charge is 0.410 e. The van der Waals surface area contributed by atoms with Crippen LogP contribution in [-0.4, -0.2) is 53.0 Å². The van der Waals surface area contributed by atoms with Gasteiger partial charge in [0.2, 0.25) is 0 Å². The number of aliphatic hydroxyl groups excluding tert-OH is 1. The molecule has 1 aromatic carbocycles. The number of likely N-dealkylation sites (tertiary alicyclic amines) is 1. The summed E-state index contributed by atoms with van der Waals surface area (Å²) in [6.45, 7) is 6.00. The molecule has 1 fully saturated rings. The number of hydrogen-bond donors (Lipinski definition) is 2. The number of nitrogens with zero attached hydrogens (tertiary/aromatic N) is 1. The van der Waals surface area contributed by atoms with Gasteiger partial charge in [-0.05, 0) is 32.8 Å². The van der Waals surface area contributed by atoms with E-state index in [2.05, 4.69) is 5.32 Å². The van der Waals surface area contributed by atoms with Gasteiger partial charge in [-0.25, -0.2) is 9.59 Å². The van der Waals surface area contributed by atoms with Crippen LogP contribution in [0.2, 0.25) is 0 Å². The van der Waals surface area contributed by atoms with Crippen LogP contribution < -0.4 is 5.32 Å². The van der Waals surface area contributed by atoms with E-state index < -0.39 is 29.9 Å². The van der Waals surface area contributed by atoms with E-state index in [1.165, 1.54) is 4.90 Å². The Morgan fingerprint density at radius 3 is 2.56 bits per heavy atom. The standard InChI is InChI=1S/C18H26N2O5/c1-18(2,3)25-16(22)19-14-9-10-20(11-15(14)21)17(23)24-12-13-7-5-4-6-8-13/h4-8,14-15,21H,9-12H2,1-3H3,(H,19,22)/t14-,15-/m0/s1. The second kappa shape index (κ2) is 8.20. The molecule has 25 heavy (non-hydrogen) atoms. The number of aliphatic hydroxyl groups is 1. The lowest BCUT2D eigenvalue weighted by Gasteiger charge is -2.35. The van der Waals surface area contributed by atoms with Gasteiger partial charge in [0.05, 0.1) is 18.7 Å². The highest BCUT2D eigenvalue weighted by Crippen LogP contribution is 2.15. The van der Waals surface area contributed by atoms with E-state index in [1.807, 2.05) is 30.3 Å². The van der Waals surface area contributed by atoms with Gasteiger partial charge in [-0.1, -0.05) is 30.3 Å². The number of carbonyl (C=O) groups excluding carboxylic acids is 2. The van der Waals surface area contributed by atoms with Crippen molar-refractivity contribution in [2.45, 2.75) is 51.5 Å². The van der Waals surface area contributed by atoms with E-state index in [0.717, 1.165) is 5.56 Å². The summed E-state index contributed by atoms with van der Waals surface area (Å²) in [6, 6.07) is 8.94. The Hall–Kier alpha value is -2.28. The van der Waals surface area contributed by atoms with Gasteiger partial charge in [-0.15, -0.1) is 0 Å². The topological polar surface area (TPSA) is 88.1 Å². The zero-order valence-electron chi connectivity index (χ0n) is 14.9. The fourth-order valence-electron chi connectivity index (χ4n) is 2.54. The number of amides is 2. The van der Waals surface area contributed by atoms with Gasteiger partial charge in [-0.3, -0.25) is 0 Å². The van der Waals surface area contributed by atoms with E-state index in [0.29, 0.717) is 13.0 Å². The van der Waals surface area contributed by atoms with Crippen LogP contribution in [0.4, 0.5) is 9.59 Å². The highest BCUT2D eigenvalue weighted by atomic mass is 16.6. The molecule has 0 bridgehead atoms. The van der Waals surface area contributed by atoms with Crippen LogP contribution in [0.1, 0.15) is 32.8 Å². The number of carbonyl (C=O) groups is 2. The lowest BCUT2D eigenvalue weighted by Crippen LogP contribution is -2.55. The fourth-order valence-corrected chi connectivity index (χ4v) is 2.54. The van der Waals surface area contributed by atoms with Crippen molar-refractivity contribution in [2.24, 2.45) is 0 Å². The van der Waals surface area contributed by atoms with Crippen molar-refractivity contribution < 1.29 is 24.2 Å². The second-order valence-corrected chi connectivity index (χ2v) is 7.09. The SMILES string of the molecule is CC(C)(C)OC(=O)N[C@H]1CCN(C(=O)OCc2ccccc2)C[C@@H]1O. The molecular formula is C18H26N2O5. The monoisotopic (exact) mass is 350 g/mol. The molecule has 2 amide bonds. The number of nitrogens with one attached hydrogen (secondary N) is 1. The summed E-state index contributed by atoms with van der Waals surface area (Å²) >= 11 is 0. The molecule has 7 nitrogen and oxygen atoms in total. The summed E-state index contributed by atoms with van der Waals surface area (Å²) in [5.74, 6) is 0. The third kappa shape index (κ3) is 6.26. The molecule has 1 saturated heterocycles. The first-order valence-corrected chi connectivity index (χ1v) is 8.38. The normalized spacial score (nSPS) is 20.7. The highest BCUT2D eigenvalue weighted by molar-refractivity contribution is 5.69. The molecule has 2 N–H and O–H groups in total. The largest absolute Gasteiger partial charge is 0.445 e. The first-order valence-electron chi connectivity index (χ1n) is 8.38. The molecule has 0 aromatic heterocycles. The molecule has 0 spiro atoms. The zero-order valence-corrected chi connectivity index (χ0v) is 14.9. The van der Waals surface area contributed by atoms with E-state index in [1.54, 1.807) is 20.8 Å². The first-order chi connectivity index (χ1) is 11.7. The molecule has 0 aliphatic carbocycles. The molecule has 7 heteroatoms. The van der Waals surface area contributed by atoms with Crippen LogP contribution in [0.3, 0.4) is 0 Å². The Balaban J connectivity index is 1.78. The Bertz CT molecular complexity index is 585. The van der Waals surface area contributed by atoms with Gasteiger partial charge >= 0.3 is 12.2 Å². The third-order valence-electron chi connectivity index (χ3n) is 3.75. The van der Waals surface area contributed by atoms with Crippen LogP contribution in [0.25, 0.3) is 0 Å². The fraction of sp³-hybridized carbons (Fsp3) is 0.556. The Morgan fingerprint density at radius 2 is 1.96 bits per heavy atom. The Morgan fingerprint density at radius 1 is 1.28 bits per heavy atom. The molecule has 0 radical (unpaired) electrons. The van der Waals surface area contributed by atoms with E-state index in [-0.39, 0.29) is 13.2 Å². The van der Waals surface area contributed by atoms with Gasteiger partial charge in [0.15, 0.2) is 0 Å². The van der Waals surface area contributed by atoms with Crippen molar-refractivity contribution in [2.75, 3.05) is 13.1 Å².